The van der Waals surface area contributed by atoms with Gasteiger partial charge in [0.25, 0.3) is 0 Å². The third-order valence-corrected chi connectivity index (χ3v) is 3.69. The molecule has 0 spiro atoms. The Bertz CT molecular complexity index is 530. The fourth-order valence-electron chi connectivity index (χ4n) is 2.43. The third-order valence-electron chi connectivity index (χ3n) is 3.69. The van der Waals surface area contributed by atoms with E-state index in [4.69, 9.17) is 10.2 Å². The Labute approximate surface area is 99.6 Å². The number of nitrogens with two attached hydrogens (primary N) is 1. The summed E-state index contributed by atoms with van der Waals surface area (Å²) in [6, 6.07) is 6.71. The zero-order valence-corrected chi connectivity index (χ0v) is 9.66. The lowest BCUT2D eigenvalue weighted by atomic mass is 9.80. The van der Waals surface area contributed by atoms with Gasteiger partial charge in [-0.15, -0.1) is 0 Å². The van der Waals surface area contributed by atoms with Gasteiger partial charge in [0, 0.05) is 5.39 Å². The van der Waals surface area contributed by atoms with Gasteiger partial charge in [0.2, 0.25) is 0 Å². The molecule has 0 bridgehead atoms. The van der Waals surface area contributed by atoms with Crippen molar-refractivity contribution in [3.8, 4) is 0 Å². The quantitative estimate of drug-likeness (QED) is 0.876. The minimum Gasteiger partial charge on any atom is -0.456 e. The van der Waals surface area contributed by atoms with E-state index < -0.39 is 0 Å². The molecule has 3 rings (SSSR count). The molecule has 2 N–H and O–H groups in total. The summed E-state index contributed by atoms with van der Waals surface area (Å²) >= 11 is 0. The Morgan fingerprint density at radius 2 is 2.24 bits per heavy atom. The topological polar surface area (TPSA) is 39.2 Å². The van der Waals surface area contributed by atoms with Crippen molar-refractivity contribution in [2.24, 2.45) is 11.7 Å². The van der Waals surface area contributed by atoms with E-state index in [1.54, 1.807) is 6.07 Å². The second-order valence-corrected chi connectivity index (χ2v) is 4.95. The van der Waals surface area contributed by atoms with E-state index in [1.807, 2.05) is 12.1 Å². The highest BCUT2D eigenvalue weighted by molar-refractivity contribution is 5.78. The van der Waals surface area contributed by atoms with Gasteiger partial charge in [0.15, 0.2) is 11.4 Å². The number of hydrogen-bond acceptors (Lipinski definition) is 2. The van der Waals surface area contributed by atoms with Crippen LogP contribution in [0.1, 0.15) is 37.5 Å². The Morgan fingerprint density at radius 1 is 1.41 bits per heavy atom. The number of benzene rings is 1. The van der Waals surface area contributed by atoms with Crippen LogP contribution in [0.3, 0.4) is 0 Å². The second kappa shape index (κ2) is 4.15. The minimum absolute atomic E-state index is 0.105. The molecule has 0 aliphatic heterocycles. The summed E-state index contributed by atoms with van der Waals surface area (Å²) in [5, 5.41) is 0.795. The Morgan fingerprint density at radius 3 is 2.88 bits per heavy atom. The smallest absolute Gasteiger partial charge is 0.169 e. The molecule has 1 aromatic carbocycles. The molecule has 1 saturated carbocycles. The lowest BCUT2D eigenvalue weighted by molar-refractivity contribution is 0.267. The molecular formula is C14H16FNO. The fourth-order valence-corrected chi connectivity index (χ4v) is 2.43. The first-order valence-electron chi connectivity index (χ1n) is 6.17. The van der Waals surface area contributed by atoms with E-state index >= 15 is 0 Å². The molecule has 3 heteroatoms. The van der Waals surface area contributed by atoms with Gasteiger partial charge in [-0.3, -0.25) is 0 Å². The van der Waals surface area contributed by atoms with Gasteiger partial charge >= 0.3 is 0 Å². The maximum absolute atomic E-state index is 13.5. The van der Waals surface area contributed by atoms with E-state index in [2.05, 4.69) is 0 Å². The molecule has 1 fully saturated rings. The number of halogens is 1. The zero-order chi connectivity index (χ0) is 11.8. The standard InChI is InChI=1S/C14H16FNO/c15-11-6-2-5-10-8-13(17-14(10)11)12(16)7-9-3-1-4-9/h2,5-6,8-9,12H,1,3-4,7,16H2. The van der Waals surface area contributed by atoms with Crippen molar-refractivity contribution in [3.05, 3.63) is 35.8 Å². The van der Waals surface area contributed by atoms with E-state index in [1.165, 1.54) is 25.3 Å². The lowest BCUT2D eigenvalue weighted by Crippen LogP contribution is -2.19. The SMILES string of the molecule is NC(CC1CCC1)c1cc2cccc(F)c2o1. The highest BCUT2D eigenvalue weighted by Crippen LogP contribution is 2.35. The summed E-state index contributed by atoms with van der Waals surface area (Å²) in [5.74, 6) is 1.12. The van der Waals surface area contributed by atoms with Gasteiger partial charge in [-0.25, -0.2) is 4.39 Å². The van der Waals surface area contributed by atoms with Crippen LogP contribution in [0.4, 0.5) is 4.39 Å². The summed E-state index contributed by atoms with van der Waals surface area (Å²) in [6.07, 6.45) is 4.79. The summed E-state index contributed by atoms with van der Waals surface area (Å²) < 4.78 is 19.0. The van der Waals surface area contributed by atoms with Crippen LogP contribution in [0.15, 0.2) is 28.7 Å². The molecule has 1 aromatic heterocycles. The first-order valence-corrected chi connectivity index (χ1v) is 6.17. The van der Waals surface area contributed by atoms with Crippen LogP contribution >= 0.6 is 0 Å². The molecule has 0 amide bonds. The zero-order valence-electron chi connectivity index (χ0n) is 9.66. The van der Waals surface area contributed by atoms with Gasteiger partial charge in [-0.1, -0.05) is 31.4 Å². The maximum Gasteiger partial charge on any atom is 0.169 e. The second-order valence-electron chi connectivity index (χ2n) is 4.95. The summed E-state index contributed by atoms with van der Waals surface area (Å²) in [7, 11) is 0. The molecule has 17 heavy (non-hydrogen) atoms. The van der Waals surface area contributed by atoms with E-state index in [-0.39, 0.29) is 11.9 Å². The average molecular weight is 233 g/mol. The predicted molar refractivity (Wildman–Crippen MR) is 65.1 cm³/mol. The van der Waals surface area contributed by atoms with Crippen LogP contribution in [0, 0.1) is 11.7 Å². The van der Waals surface area contributed by atoms with Crippen LogP contribution in [0.2, 0.25) is 0 Å². The molecule has 2 nitrogen and oxygen atoms in total. The molecule has 0 radical (unpaired) electrons. The summed E-state index contributed by atoms with van der Waals surface area (Å²) in [6.45, 7) is 0. The average Bonchev–Trinajstić information content (AvgIpc) is 2.68. The molecule has 1 aliphatic rings. The Balaban J connectivity index is 1.86. The molecule has 1 unspecified atom stereocenters. The van der Waals surface area contributed by atoms with Crippen molar-refractivity contribution in [2.75, 3.05) is 0 Å². The first kappa shape index (κ1) is 10.8. The summed E-state index contributed by atoms with van der Waals surface area (Å²) in [5.41, 5.74) is 6.43. The minimum atomic E-state index is -0.315. The number of furan rings is 1. The Hall–Kier alpha value is -1.35. The van der Waals surface area contributed by atoms with Crippen molar-refractivity contribution in [1.29, 1.82) is 0 Å². The Kier molecular flexibility index (Phi) is 2.63. The largest absolute Gasteiger partial charge is 0.456 e. The van der Waals surface area contributed by atoms with Gasteiger partial charge in [0.1, 0.15) is 5.76 Å². The van der Waals surface area contributed by atoms with Crippen LogP contribution in [0.5, 0.6) is 0 Å². The van der Waals surface area contributed by atoms with Gasteiger partial charge < -0.3 is 10.2 Å². The highest BCUT2D eigenvalue weighted by atomic mass is 19.1. The van der Waals surface area contributed by atoms with Gasteiger partial charge in [-0.05, 0) is 24.5 Å². The van der Waals surface area contributed by atoms with Crippen molar-refractivity contribution in [1.82, 2.24) is 0 Å². The van der Waals surface area contributed by atoms with Crippen molar-refractivity contribution in [3.63, 3.8) is 0 Å². The van der Waals surface area contributed by atoms with Crippen LogP contribution in [-0.4, -0.2) is 0 Å². The third kappa shape index (κ3) is 1.95. The van der Waals surface area contributed by atoms with Crippen LogP contribution in [0.25, 0.3) is 11.0 Å². The van der Waals surface area contributed by atoms with E-state index in [0.717, 1.165) is 17.7 Å². The molecule has 1 atom stereocenters. The maximum atomic E-state index is 13.5. The van der Waals surface area contributed by atoms with Crippen molar-refractivity contribution in [2.45, 2.75) is 31.7 Å². The monoisotopic (exact) mass is 233 g/mol. The summed E-state index contributed by atoms with van der Waals surface area (Å²) in [4.78, 5) is 0. The number of hydrogen-bond donors (Lipinski definition) is 1. The van der Waals surface area contributed by atoms with E-state index in [0.29, 0.717) is 11.3 Å². The fraction of sp³-hybridized carbons (Fsp3) is 0.429. The van der Waals surface area contributed by atoms with Gasteiger partial charge in [-0.2, -0.15) is 0 Å². The number of fused-ring (bicyclic) bond motifs is 1. The molecule has 1 aliphatic carbocycles. The van der Waals surface area contributed by atoms with Crippen LogP contribution < -0.4 is 5.73 Å². The number of para-hydroxylation sites is 1. The molecule has 1 heterocycles. The van der Waals surface area contributed by atoms with Gasteiger partial charge in [0.05, 0.1) is 6.04 Å². The van der Waals surface area contributed by atoms with Crippen molar-refractivity contribution >= 4 is 11.0 Å². The first-order chi connectivity index (χ1) is 8.24. The molecule has 90 valence electrons. The molecular weight excluding hydrogens is 217 g/mol. The molecule has 0 saturated heterocycles. The predicted octanol–water partition coefficient (Wildman–Crippen LogP) is 3.76. The van der Waals surface area contributed by atoms with Crippen molar-refractivity contribution < 1.29 is 8.81 Å². The lowest BCUT2D eigenvalue weighted by Gasteiger charge is -2.27. The normalized spacial score (nSPS) is 18.2. The molecule has 2 aromatic rings. The number of rotatable bonds is 3. The van der Waals surface area contributed by atoms with E-state index in [9.17, 15) is 4.39 Å². The van der Waals surface area contributed by atoms with Crippen LogP contribution in [-0.2, 0) is 0 Å². The highest BCUT2D eigenvalue weighted by Gasteiger charge is 2.23.